The smallest absolute Gasteiger partial charge is 0.245 e. The molecule has 1 aliphatic rings. The summed E-state index contributed by atoms with van der Waals surface area (Å²) >= 11 is 3.30. The minimum absolute atomic E-state index is 0.0934. The van der Waals surface area contributed by atoms with Crippen LogP contribution < -0.4 is 21.3 Å². The van der Waals surface area contributed by atoms with Crippen molar-refractivity contribution in [3.63, 3.8) is 0 Å². The van der Waals surface area contributed by atoms with Crippen LogP contribution in [0.3, 0.4) is 0 Å². The van der Waals surface area contributed by atoms with Crippen molar-refractivity contribution < 1.29 is 19.2 Å². The Morgan fingerprint density at radius 2 is 1.62 bits per heavy atom. The molecule has 40 heavy (non-hydrogen) atoms. The molecule has 3 atom stereocenters. The van der Waals surface area contributed by atoms with Crippen LogP contribution in [-0.2, 0) is 30.7 Å². The highest BCUT2D eigenvalue weighted by Crippen LogP contribution is 2.16. The summed E-state index contributed by atoms with van der Waals surface area (Å²) < 4.78 is 0. The van der Waals surface area contributed by atoms with E-state index in [0.717, 1.165) is 23.6 Å². The zero-order valence-electron chi connectivity index (χ0n) is 24.8. The lowest BCUT2D eigenvalue weighted by atomic mass is 9.96. The second-order valence-corrected chi connectivity index (χ2v) is 13.5. The second kappa shape index (κ2) is 16.9. The van der Waals surface area contributed by atoms with Gasteiger partial charge in [-0.15, -0.1) is 0 Å². The van der Waals surface area contributed by atoms with Gasteiger partial charge >= 0.3 is 0 Å². The molecule has 0 aliphatic carbocycles. The van der Waals surface area contributed by atoms with Crippen molar-refractivity contribution in [2.24, 2.45) is 11.8 Å². The molecule has 224 valence electrons. The van der Waals surface area contributed by atoms with E-state index in [0.29, 0.717) is 42.6 Å². The number of hydrogen-bond donors (Lipinski definition) is 4. The highest BCUT2D eigenvalue weighted by Gasteiger charge is 2.34. The summed E-state index contributed by atoms with van der Waals surface area (Å²) in [7, 11) is 0. The zero-order valence-corrected chi connectivity index (χ0v) is 26.4. The monoisotopic (exact) mass is 593 g/mol. The lowest BCUT2D eigenvalue weighted by molar-refractivity contribution is -0.136. The Kier molecular flexibility index (Phi) is 14.3. The molecule has 0 fully saturated rings. The maximum absolute atomic E-state index is 13.4. The Morgan fingerprint density at radius 1 is 0.975 bits per heavy atom. The molecule has 4 amide bonds. The Morgan fingerprint density at radius 3 is 2.25 bits per heavy atom. The van der Waals surface area contributed by atoms with Gasteiger partial charge in [0.2, 0.25) is 23.6 Å². The van der Waals surface area contributed by atoms with E-state index in [4.69, 9.17) is 4.98 Å². The Hall–Kier alpha value is -2.27. The number of nitrogens with one attached hydrogen (secondary N) is 4. The van der Waals surface area contributed by atoms with Crippen molar-refractivity contribution in [2.45, 2.75) is 96.4 Å². The number of fused-ring (bicyclic) bond motifs is 2. The molecule has 2 rings (SSSR count). The molecule has 0 saturated heterocycles. The third-order valence-electron chi connectivity index (χ3n) is 6.85. The largest absolute Gasteiger partial charge is 0.353 e. The van der Waals surface area contributed by atoms with Crippen LogP contribution in [0.2, 0.25) is 0 Å². The van der Waals surface area contributed by atoms with Gasteiger partial charge in [0.25, 0.3) is 0 Å². The first-order chi connectivity index (χ1) is 18.9. The summed E-state index contributed by atoms with van der Waals surface area (Å²) in [5, 5.41) is 11.6. The van der Waals surface area contributed by atoms with Crippen LogP contribution in [0.1, 0.15) is 78.6 Å². The maximum Gasteiger partial charge on any atom is 0.245 e. The molecular weight excluding hydrogens is 546 g/mol. The van der Waals surface area contributed by atoms with E-state index >= 15 is 0 Å². The van der Waals surface area contributed by atoms with E-state index in [-0.39, 0.29) is 24.2 Å². The van der Waals surface area contributed by atoms with Gasteiger partial charge in [-0.3, -0.25) is 24.2 Å². The SMILES string of the molecule is CC[C@H](C)[C@@H]1NC(=O)[C@H](CCC(C)C)NC(=O)C(C)(C)NC(=O)CCSCc2cccc(n2)CSCCNC1=O. The highest BCUT2D eigenvalue weighted by atomic mass is 32.2. The van der Waals surface area contributed by atoms with Gasteiger partial charge in [0.05, 0.1) is 11.4 Å². The first-order valence-electron chi connectivity index (χ1n) is 14.2. The second-order valence-electron chi connectivity index (χ2n) is 11.3. The molecule has 11 heteroatoms. The first-order valence-corrected chi connectivity index (χ1v) is 16.5. The number of amides is 4. The van der Waals surface area contributed by atoms with E-state index in [1.807, 2.05) is 32.0 Å². The molecule has 2 bridgehead atoms. The van der Waals surface area contributed by atoms with Crippen molar-refractivity contribution in [1.29, 1.82) is 0 Å². The van der Waals surface area contributed by atoms with Crippen molar-refractivity contribution in [1.82, 2.24) is 26.3 Å². The predicted molar refractivity (Wildman–Crippen MR) is 164 cm³/mol. The van der Waals surface area contributed by atoms with Gasteiger partial charge in [0, 0.05) is 36.0 Å². The van der Waals surface area contributed by atoms with Crippen LogP contribution in [0, 0.1) is 11.8 Å². The number of carbonyl (C=O) groups excluding carboxylic acids is 4. The minimum atomic E-state index is -1.21. The highest BCUT2D eigenvalue weighted by molar-refractivity contribution is 7.98. The van der Waals surface area contributed by atoms with Gasteiger partial charge in [-0.05, 0) is 50.7 Å². The van der Waals surface area contributed by atoms with Crippen LogP contribution in [0.25, 0.3) is 0 Å². The normalized spacial score (nSPS) is 23.1. The third-order valence-corrected chi connectivity index (χ3v) is 8.84. The van der Waals surface area contributed by atoms with Crippen molar-refractivity contribution in [3.8, 4) is 0 Å². The minimum Gasteiger partial charge on any atom is -0.353 e. The van der Waals surface area contributed by atoms with E-state index in [9.17, 15) is 19.2 Å². The van der Waals surface area contributed by atoms with E-state index in [1.54, 1.807) is 37.4 Å². The third kappa shape index (κ3) is 11.7. The molecule has 1 aromatic heterocycles. The Labute approximate surface area is 247 Å². The van der Waals surface area contributed by atoms with E-state index in [1.165, 1.54) is 0 Å². The summed E-state index contributed by atoms with van der Waals surface area (Å²) in [5.41, 5.74) is 0.716. The van der Waals surface area contributed by atoms with E-state index in [2.05, 4.69) is 35.1 Å². The van der Waals surface area contributed by atoms with Gasteiger partial charge in [-0.2, -0.15) is 23.5 Å². The number of thioether (sulfide) groups is 2. The molecule has 2 heterocycles. The molecule has 9 nitrogen and oxygen atoms in total. The summed E-state index contributed by atoms with van der Waals surface area (Å²) in [6.45, 7) is 11.8. The summed E-state index contributed by atoms with van der Waals surface area (Å²) in [5.74, 6) is 1.66. The molecular formula is C29H47N5O4S2. The Bertz CT molecular complexity index is 1000. The fourth-order valence-corrected chi connectivity index (χ4v) is 5.70. The van der Waals surface area contributed by atoms with E-state index < -0.39 is 29.4 Å². The van der Waals surface area contributed by atoms with Crippen LogP contribution in [0.15, 0.2) is 18.2 Å². The molecule has 0 unspecified atom stereocenters. The molecule has 0 spiro atoms. The molecule has 0 saturated carbocycles. The fourth-order valence-electron chi connectivity index (χ4n) is 4.10. The Balaban J connectivity index is 2.25. The van der Waals surface area contributed by atoms with Crippen molar-refractivity contribution >= 4 is 47.2 Å². The number of pyridine rings is 1. The number of hydrogen-bond acceptors (Lipinski definition) is 7. The van der Waals surface area contributed by atoms with Crippen LogP contribution >= 0.6 is 23.5 Å². The lowest BCUT2D eigenvalue weighted by Crippen LogP contribution is -2.61. The van der Waals surface area contributed by atoms with Crippen LogP contribution in [0.5, 0.6) is 0 Å². The average Bonchev–Trinajstić information content (AvgIpc) is 2.90. The average molecular weight is 594 g/mol. The van der Waals surface area contributed by atoms with Crippen LogP contribution in [-0.4, -0.2) is 64.3 Å². The quantitative estimate of drug-likeness (QED) is 0.412. The van der Waals surface area contributed by atoms with Gasteiger partial charge in [0.15, 0.2) is 0 Å². The standard InChI is InChI=1S/C29H47N5O4S2/c1-7-20(4)25-27(37)30-14-16-40-18-22-10-8-9-21(31-22)17-39-15-13-24(35)34-29(5,6)28(38)32-23(26(36)33-25)12-11-19(2)3/h8-10,19-20,23,25H,7,11-18H2,1-6H3,(H,30,37)(H,32,38)(H,33,36)(H,34,35)/t20-,23-,25-/m0/s1. The molecule has 0 radical (unpaired) electrons. The van der Waals surface area contributed by atoms with Crippen molar-refractivity contribution in [2.75, 3.05) is 18.1 Å². The summed E-state index contributed by atoms with van der Waals surface area (Å²) in [4.78, 5) is 57.2. The molecule has 1 aliphatic heterocycles. The topological polar surface area (TPSA) is 129 Å². The predicted octanol–water partition coefficient (Wildman–Crippen LogP) is 3.41. The lowest BCUT2D eigenvalue weighted by Gasteiger charge is -2.30. The molecule has 1 aromatic rings. The first kappa shape index (κ1) is 33.9. The fraction of sp³-hybridized carbons (Fsp3) is 0.690. The molecule has 0 aromatic carbocycles. The zero-order chi connectivity index (χ0) is 29.7. The van der Waals surface area contributed by atoms with Crippen LogP contribution in [0.4, 0.5) is 0 Å². The number of carbonyl (C=O) groups is 4. The van der Waals surface area contributed by atoms with Gasteiger partial charge in [0.1, 0.15) is 17.6 Å². The number of aromatic nitrogens is 1. The number of rotatable bonds is 5. The van der Waals surface area contributed by atoms with Gasteiger partial charge in [-0.1, -0.05) is 40.2 Å². The number of nitrogens with zero attached hydrogens (tertiary/aromatic N) is 1. The summed E-state index contributed by atoms with van der Waals surface area (Å²) in [6, 6.07) is 4.41. The summed E-state index contributed by atoms with van der Waals surface area (Å²) in [6.07, 6.45) is 2.11. The van der Waals surface area contributed by atoms with Gasteiger partial charge < -0.3 is 21.3 Å². The maximum atomic E-state index is 13.4. The van der Waals surface area contributed by atoms with Crippen molar-refractivity contribution in [3.05, 3.63) is 29.6 Å². The molecule has 4 N–H and O–H groups in total. The van der Waals surface area contributed by atoms with Gasteiger partial charge in [-0.25, -0.2) is 0 Å².